The summed E-state index contributed by atoms with van der Waals surface area (Å²) < 4.78 is 13.0. The fraction of sp³-hybridized carbons (Fsp3) is 0.292. The van der Waals surface area contributed by atoms with Crippen LogP contribution in [0, 0.1) is 0 Å². The molecule has 1 saturated heterocycles. The molecule has 1 aromatic heterocycles. The van der Waals surface area contributed by atoms with Gasteiger partial charge in [0, 0.05) is 38.0 Å². The number of imidazole rings is 1. The molecule has 0 bridgehead atoms. The minimum absolute atomic E-state index is 0.0508. The number of amides is 2. The number of rotatable bonds is 7. The Morgan fingerprint density at radius 2 is 1.94 bits per heavy atom. The number of carbonyl (C=O) groups is 2. The molecule has 0 aliphatic carbocycles. The van der Waals surface area contributed by atoms with Gasteiger partial charge in [-0.25, -0.2) is 4.98 Å². The molecule has 0 radical (unpaired) electrons. The first-order valence-corrected chi connectivity index (χ1v) is 10.6. The first-order valence-electron chi connectivity index (χ1n) is 10.6. The van der Waals surface area contributed by atoms with E-state index in [0.717, 1.165) is 17.8 Å². The molecule has 32 heavy (non-hydrogen) atoms. The fourth-order valence-corrected chi connectivity index (χ4v) is 3.54. The minimum atomic E-state index is -0.733. The zero-order valence-electron chi connectivity index (χ0n) is 17.9. The lowest BCUT2D eigenvalue weighted by molar-refractivity contribution is -0.136. The van der Waals surface area contributed by atoms with Crippen LogP contribution in [-0.4, -0.2) is 40.7 Å². The Balaban J connectivity index is 1.38. The highest BCUT2D eigenvalue weighted by Crippen LogP contribution is 2.20. The number of benzene rings is 2. The van der Waals surface area contributed by atoms with E-state index in [4.69, 9.17) is 9.47 Å². The van der Waals surface area contributed by atoms with Crippen LogP contribution in [0.4, 0.5) is 5.69 Å². The van der Waals surface area contributed by atoms with E-state index in [-0.39, 0.29) is 12.1 Å². The van der Waals surface area contributed by atoms with Crippen molar-refractivity contribution in [1.29, 1.82) is 0 Å². The topological polar surface area (TPSA) is 94.5 Å². The minimum Gasteiger partial charge on any atom is -0.488 e. The van der Waals surface area contributed by atoms with Gasteiger partial charge in [-0.2, -0.15) is 0 Å². The Kier molecular flexibility index (Phi) is 6.81. The average molecular weight is 434 g/mol. The van der Waals surface area contributed by atoms with Crippen LogP contribution in [-0.2, 0) is 27.8 Å². The molecule has 2 N–H and O–H groups in total. The first kappa shape index (κ1) is 21.6. The lowest BCUT2D eigenvalue weighted by Crippen LogP contribution is -2.38. The van der Waals surface area contributed by atoms with E-state index >= 15 is 0 Å². The van der Waals surface area contributed by atoms with Crippen molar-refractivity contribution < 1.29 is 19.1 Å². The van der Waals surface area contributed by atoms with Crippen molar-refractivity contribution in [1.82, 2.24) is 14.9 Å². The van der Waals surface area contributed by atoms with Crippen molar-refractivity contribution in [2.45, 2.75) is 25.0 Å². The molecular weight excluding hydrogens is 408 g/mol. The number of anilines is 1. The molecule has 2 atom stereocenters. The van der Waals surface area contributed by atoms with E-state index in [2.05, 4.69) is 15.6 Å². The lowest BCUT2D eigenvalue weighted by atomic mass is 10.0. The van der Waals surface area contributed by atoms with E-state index in [1.807, 2.05) is 48.1 Å². The molecule has 8 heteroatoms. The zero-order chi connectivity index (χ0) is 22.3. The second kappa shape index (κ2) is 10.1. The molecule has 2 amide bonds. The van der Waals surface area contributed by atoms with Gasteiger partial charge >= 0.3 is 11.8 Å². The molecule has 4 rings (SSSR count). The molecule has 1 aliphatic rings. The second-order valence-electron chi connectivity index (χ2n) is 7.68. The third-order valence-corrected chi connectivity index (χ3v) is 5.32. The maximum absolute atomic E-state index is 12.7. The van der Waals surface area contributed by atoms with E-state index in [1.165, 1.54) is 0 Å². The predicted octanol–water partition coefficient (Wildman–Crippen LogP) is 2.63. The van der Waals surface area contributed by atoms with Crippen LogP contribution in [0.5, 0.6) is 5.75 Å². The monoisotopic (exact) mass is 434 g/mol. The summed E-state index contributed by atoms with van der Waals surface area (Å²) in [6.45, 7) is 1.29. The van der Waals surface area contributed by atoms with Crippen LogP contribution in [0.15, 0.2) is 67.0 Å². The molecule has 0 spiro atoms. The summed E-state index contributed by atoms with van der Waals surface area (Å²) in [6.07, 6.45) is 4.93. The lowest BCUT2D eigenvalue weighted by Gasteiger charge is -2.19. The van der Waals surface area contributed by atoms with Crippen LogP contribution >= 0.6 is 0 Å². The quantitative estimate of drug-likeness (QED) is 0.558. The van der Waals surface area contributed by atoms with Crippen LogP contribution in [0.25, 0.3) is 0 Å². The normalized spacial score (nSPS) is 16.3. The number of ether oxygens (including phenoxy) is 2. The highest BCUT2D eigenvalue weighted by molar-refractivity contribution is 6.39. The van der Waals surface area contributed by atoms with E-state index in [0.29, 0.717) is 31.1 Å². The predicted molar refractivity (Wildman–Crippen MR) is 119 cm³/mol. The van der Waals surface area contributed by atoms with Gasteiger partial charge in [-0.15, -0.1) is 0 Å². The van der Waals surface area contributed by atoms with E-state index in [1.54, 1.807) is 30.5 Å². The Morgan fingerprint density at radius 3 is 2.59 bits per heavy atom. The van der Waals surface area contributed by atoms with Crippen molar-refractivity contribution in [2.24, 2.45) is 7.05 Å². The number of aromatic nitrogens is 2. The third kappa shape index (κ3) is 5.53. The summed E-state index contributed by atoms with van der Waals surface area (Å²) in [5, 5.41) is 5.47. The van der Waals surface area contributed by atoms with Gasteiger partial charge in [-0.1, -0.05) is 30.3 Å². The molecule has 2 heterocycles. The van der Waals surface area contributed by atoms with E-state index < -0.39 is 11.8 Å². The summed E-state index contributed by atoms with van der Waals surface area (Å²) in [7, 11) is 1.89. The van der Waals surface area contributed by atoms with Gasteiger partial charge in [0.25, 0.3) is 0 Å². The van der Waals surface area contributed by atoms with Gasteiger partial charge in [0.05, 0.1) is 19.3 Å². The van der Waals surface area contributed by atoms with Crippen molar-refractivity contribution in [3.8, 4) is 5.75 Å². The number of nitrogens with one attached hydrogen (secondary N) is 2. The van der Waals surface area contributed by atoms with Gasteiger partial charge in [-0.3, -0.25) is 9.59 Å². The van der Waals surface area contributed by atoms with Crippen molar-refractivity contribution >= 4 is 17.5 Å². The van der Waals surface area contributed by atoms with Gasteiger partial charge < -0.3 is 24.7 Å². The Labute approximate surface area is 186 Å². The maximum atomic E-state index is 12.7. The molecule has 0 unspecified atom stereocenters. The summed E-state index contributed by atoms with van der Waals surface area (Å²) in [5.41, 5.74) is 1.41. The van der Waals surface area contributed by atoms with Crippen LogP contribution in [0.1, 0.15) is 23.9 Å². The summed E-state index contributed by atoms with van der Waals surface area (Å²) in [4.78, 5) is 29.5. The molecule has 0 saturated carbocycles. The van der Waals surface area contributed by atoms with Crippen molar-refractivity contribution in [3.05, 3.63) is 78.4 Å². The Morgan fingerprint density at radius 1 is 1.16 bits per heavy atom. The molecule has 8 nitrogen and oxygen atoms in total. The zero-order valence-corrected chi connectivity index (χ0v) is 17.9. The highest BCUT2D eigenvalue weighted by Gasteiger charge is 2.22. The number of hydrogen-bond acceptors (Lipinski definition) is 5. The second-order valence-corrected chi connectivity index (χ2v) is 7.68. The molecule has 166 valence electrons. The first-order chi connectivity index (χ1) is 15.6. The number of nitrogens with zero attached hydrogens (tertiary/aromatic N) is 2. The number of aryl methyl sites for hydroxylation is 1. The van der Waals surface area contributed by atoms with Crippen LogP contribution in [0.2, 0.25) is 0 Å². The molecule has 1 aliphatic heterocycles. The third-order valence-electron chi connectivity index (χ3n) is 5.32. The van der Waals surface area contributed by atoms with Gasteiger partial charge in [0.2, 0.25) is 0 Å². The van der Waals surface area contributed by atoms with Gasteiger partial charge in [0.1, 0.15) is 17.7 Å². The fourth-order valence-electron chi connectivity index (χ4n) is 3.54. The maximum Gasteiger partial charge on any atom is 0.313 e. The standard InChI is InChI=1S/C24H26N4O4/c1-28-13-12-25-22(28)15-21(17-5-3-2-4-6-17)27-24(30)23(29)26-18-7-9-19(10-8-18)32-20-11-14-31-16-20/h2-10,12-13,20-21H,11,14-16H2,1H3,(H,26,29)(H,27,30)/t20-,21+/m0/s1. The largest absolute Gasteiger partial charge is 0.488 e. The van der Waals surface area contributed by atoms with E-state index in [9.17, 15) is 9.59 Å². The summed E-state index contributed by atoms with van der Waals surface area (Å²) in [5.74, 6) is 0.0603. The molecule has 2 aromatic carbocycles. The van der Waals surface area contributed by atoms with Gasteiger partial charge in [-0.05, 0) is 29.8 Å². The smallest absolute Gasteiger partial charge is 0.313 e. The van der Waals surface area contributed by atoms with Gasteiger partial charge in [0.15, 0.2) is 0 Å². The molecule has 3 aromatic rings. The average Bonchev–Trinajstić information content (AvgIpc) is 3.47. The molecule has 1 fully saturated rings. The Hall–Kier alpha value is -3.65. The van der Waals surface area contributed by atoms with Crippen LogP contribution < -0.4 is 15.4 Å². The van der Waals surface area contributed by atoms with Crippen molar-refractivity contribution in [2.75, 3.05) is 18.5 Å². The van der Waals surface area contributed by atoms with Crippen molar-refractivity contribution in [3.63, 3.8) is 0 Å². The molecular formula is C24H26N4O4. The number of hydrogen-bond donors (Lipinski definition) is 2. The Bertz CT molecular complexity index is 1040. The van der Waals surface area contributed by atoms with Crippen LogP contribution in [0.3, 0.4) is 0 Å². The highest BCUT2D eigenvalue weighted by atomic mass is 16.5. The summed E-state index contributed by atoms with van der Waals surface area (Å²) >= 11 is 0. The SMILES string of the molecule is Cn1ccnc1C[C@@H](NC(=O)C(=O)Nc1ccc(O[C@H]2CCOC2)cc1)c1ccccc1. The number of carbonyl (C=O) groups excluding carboxylic acids is 2. The summed E-state index contributed by atoms with van der Waals surface area (Å²) in [6, 6.07) is 16.1.